The van der Waals surface area contributed by atoms with E-state index >= 15 is 0 Å². The van der Waals surface area contributed by atoms with Gasteiger partial charge < -0.3 is 15.5 Å². The van der Waals surface area contributed by atoms with Crippen LogP contribution < -0.4 is 10.6 Å². The van der Waals surface area contributed by atoms with Crippen molar-refractivity contribution in [2.45, 2.75) is 45.7 Å². The lowest BCUT2D eigenvalue weighted by atomic mass is 10.1. The van der Waals surface area contributed by atoms with Crippen LogP contribution in [0.2, 0.25) is 0 Å². The Hall–Kier alpha value is -1.69. The zero-order valence-corrected chi connectivity index (χ0v) is 16.9. The van der Waals surface area contributed by atoms with Gasteiger partial charge in [0, 0.05) is 32.6 Å². The summed E-state index contributed by atoms with van der Waals surface area (Å²) in [5.41, 5.74) is 2.36. The molecule has 1 aromatic rings. The SMILES string of the molecule is CCNC(=NCc1cccc(CN2CCCC2=O)c1)NCCCCSC. The molecule has 1 fully saturated rings. The Morgan fingerprint density at radius 1 is 1.27 bits per heavy atom. The van der Waals surface area contributed by atoms with Gasteiger partial charge in [-0.1, -0.05) is 24.3 Å². The van der Waals surface area contributed by atoms with Gasteiger partial charge in [0.2, 0.25) is 5.91 Å². The summed E-state index contributed by atoms with van der Waals surface area (Å²) in [6, 6.07) is 8.41. The normalized spacial score (nSPS) is 14.8. The topological polar surface area (TPSA) is 56.7 Å². The summed E-state index contributed by atoms with van der Waals surface area (Å²) in [5, 5.41) is 6.71. The molecule has 0 spiro atoms. The van der Waals surface area contributed by atoms with Crippen LogP contribution in [0.5, 0.6) is 0 Å². The maximum Gasteiger partial charge on any atom is 0.222 e. The van der Waals surface area contributed by atoms with Crippen LogP contribution in [0.15, 0.2) is 29.3 Å². The molecular formula is C20H32N4OS. The Morgan fingerprint density at radius 2 is 2.12 bits per heavy atom. The standard InChI is InChI=1S/C20H32N4OS/c1-3-21-20(22-11-4-5-13-26-2)23-15-17-8-6-9-18(14-17)16-24-12-7-10-19(24)25/h6,8-9,14H,3-5,7,10-13,15-16H2,1-2H3,(H2,21,22,23). The second kappa shape index (κ2) is 11.8. The number of carbonyl (C=O) groups is 1. The van der Waals surface area contributed by atoms with Crippen molar-refractivity contribution in [2.24, 2.45) is 4.99 Å². The van der Waals surface area contributed by atoms with Crippen molar-refractivity contribution in [1.29, 1.82) is 0 Å². The third-order valence-corrected chi connectivity index (χ3v) is 5.06. The summed E-state index contributed by atoms with van der Waals surface area (Å²) in [6.07, 6.45) is 6.21. The first-order valence-corrected chi connectivity index (χ1v) is 11.0. The van der Waals surface area contributed by atoms with Gasteiger partial charge in [0.05, 0.1) is 6.54 Å². The second-order valence-electron chi connectivity index (χ2n) is 6.56. The number of aliphatic imine (C=N–C) groups is 1. The van der Waals surface area contributed by atoms with E-state index in [1.807, 2.05) is 16.7 Å². The molecule has 0 aliphatic carbocycles. The van der Waals surface area contributed by atoms with Crippen LogP contribution in [0, 0.1) is 0 Å². The molecule has 5 nitrogen and oxygen atoms in total. The number of nitrogens with zero attached hydrogens (tertiary/aromatic N) is 2. The monoisotopic (exact) mass is 376 g/mol. The van der Waals surface area contributed by atoms with E-state index in [0.29, 0.717) is 19.5 Å². The molecule has 1 heterocycles. The maximum absolute atomic E-state index is 11.8. The molecule has 0 radical (unpaired) electrons. The Balaban J connectivity index is 1.87. The van der Waals surface area contributed by atoms with Crippen LogP contribution in [-0.2, 0) is 17.9 Å². The fraction of sp³-hybridized carbons (Fsp3) is 0.600. The predicted molar refractivity (Wildman–Crippen MR) is 112 cm³/mol. The van der Waals surface area contributed by atoms with Gasteiger partial charge in [-0.15, -0.1) is 0 Å². The fourth-order valence-electron chi connectivity index (χ4n) is 3.01. The molecule has 0 saturated carbocycles. The lowest BCUT2D eigenvalue weighted by Gasteiger charge is -2.16. The molecule has 0 atom stereocenters. The molecular weight excluding hydrogens is 344 g/mol. The van der Waals surface area contributed by atoms with Gasteiger partial charge in [0.25, 0.3) is 0 Å². The minimum atomic E-state index is 0.272. The molecule has 1 aromatic carbocycles. The first kappa shape index (κ1) is 20.6. The molecule has 26 heavy (non-hydrogen) atoms. The first-order chi connectivity index (χ1) is 12.7. The van der Waals surface area contributed by atoms with E-state index in [2.05, 4.69) is 48.1 Å². The zero-order chi connectivity index (χ0) is 18.6. The van der Waals surface area contributed by atoms with Gasteiger partial charge in [-0.3, -0.25) is 4.79 Å². The summed E-state index contributed by atoms with van der Waals surface area (Å²) < 4.78 is 0. The van der Waals surface area contributed by atoms with Crippen LogP contribution >= 0.6 is 11.8 Å². The van der Waals surface area contributed by atoms with E-state index in [4.69, 9.17) is 4.99 Å². The Bertz CT molecular complexity index is 591. The quantitative estimate of drug-likeness (QED) is 0.374. The number of nitrogens with one attached hydrogen (secondary N) is 2. The van der Waals surface area contributed by atoms with Crippen molar-refractivity contribution < 1.29 is 4.79 Å². The number of benzene rings is 1. The summed E-state index contributed by atoms with van der Waals surface area (Å²) in [5.74, 6) is 2.35. The van der Waals surface area contributed by atoms with E-state index < -0.39 is 0 Å². The minimum absolute atomic E-state index is 0.272. The molecule has 1 aliphatic rings. The number of guanidine groups is 1. The smallest absolute Gasteiger partial charge is 0.222 e. The molecule has 6 heteroatoms. The van der Waals surface area contributed by atoms with E-state index in [1.165, 1.54) is 23.3 Å². The molecule has 2 rings (SSSR count). The van der Waals surface area contributed by atoms with Crippen LogP contribution in [0.4, 0.5) is 0 Å². The summed E-state index contributed by atoms with van der Waals surface area (Å²) in [4.78, 5) is 18.4. The maximum atomic E-state index is 11.8. The molecule has 0 unspecified atom stereocenters. The molecule has 1 saturated heterocycles. The van der Waals surface area contributed by atoms with Crippen molar-refractivity contribution in [1.82, 2.24) is 15.5 Å². The minimum Gasteiger partial charge on any atom is -0.357 e. The number of hydrogen-bond donors (Lipinski definition) is 2. The summed E-state index contributed by atoms with van der Waals surface area (Å²) >= 11 is 1.89. The van der Waals surface area contributed by atoms with Crippen LogP contribution in [0.25, 0.3) is 0 Å². The Labute approximate surface area is 162 Å². The highest BCUT2D eigenvalue weighted by atomic mass is 32.2. The molecule has 0 bridgehead atoms. The van der Waals surface area contributed by atoms with Crippen molar-refractivity contribution in [3.05, 3.63) is 35.4 Å². The number of rotatable bonds is 10. The van der Waals surface area contributed by atoms with Crippen molar-refractivity contribution in [2.75, 3.05) is 31.6 Å². The lowest BCUT2D eigenvalue weighted by Crippen LogP contribution is -2.37. The van der Waals surface area contributed by atoms with Crippen LogP contribution in [0.3, 0.4) is 0 Å². The molecule has 0 aromatic heterocycles. The highest BCUT2D eigenvalue weighted by Crippen LogP contribution is 2.15. The molecule has 1 amide bonds. The van der Waals surface area contributed by atoms with E-state index in [-0.39, 0.29) is 5.91 Å². The summed E-state index contributed by atoms with van der Waals surface area (Å²) in [7, 11) is 0. The highest BCUT2D eigenvalue weighted by Gasteiger charge is 2.19. The zero-order valence-electron chi connectivity index (χ0n) is 16.1. The van der Waals surface area contributed by atoms with Gasteiger partial charge >= 0.3 is 0 Å². The Kier molecular flexibility index (Phi) is 9.39. The lowest BCUT2D eigenvalue weighted by molar-refractivity contribution is -0.128. The average Bonchev–Trinajstić information content (AvgIpc) is 3.04. The van der Waals surface area contributed by atoms with Crippen molar-refractivity contribution >= 4 is 23.6 Å². The highest BCUT2D eigenvalue weighted by molar-refractivity contribution is 7.98. The van der Waals surface area contributed by atoms with Crippen molar-refractivity contribution in [3.8, 4) is 0 Å². The molecule has 2 N–H and O–H groups in total. The van der Waals surface area contributed by atoms with Gasteiger partial charge in [-0.05, 0) is 49.3 Å². The fourth-order valence-corrected chi connectivity index (χ4v) is 3.50. The second-order valence-corrected chi connectivity index (χ2v) is 7.55. The number of thioether (sulfide) groups is 1. The van der Waals surface area contributed by atoms with Gasteiger partial charge in [-0.25, -0.2) is 4.99 Å². The van der Waals surface area contributed by atoms with Crippen LogP contribution in [0.1, 0.15) is 43.7 Å². The van der Waals surface area contributed by atoms with Gasteiger partial charge in [-0.2, -0.15) is 11.8 Å². The average molecular weight is 377 g/mol. The number of carbonyl (C=O) groups excluding carboxylic acids is 1. The van der Waals surface area contributed by atoms with E-state index in [9.17, 15) is 4.79 Å². The van der Waals surface area contributed by atoms with E-state index in [0.717, 1.165) is 38.4 Å². The predicted octanol–water partition coefficient (Wildman–Crippen LogP) is 3.01. The number of likely N-dealkylation sites (tertiary alicyclic amines) is 1. The van der Waals surface area contributed by atoms with Gasteiger partial charge in [0.15, 0.2) is 5.96 Å². The van der Waals surface area contributed by atoms with Crippen LogP contribution in [-0.4, -0.2) is 48.4 Å². The third kappa shape index (κ3) is 7.28. The molecule has 1 aliphatic heterocycles. The summed E-state index contributed by atoms with van der Waals surface area (Å²) in [6.45, 7) is 6.12. The van der Waals surface area contributed by atoms with Gasteiger partial charge in [0.1, 0.15) is 0 Å². The van der Waals surface area contributed by atoms with Crippen molar-refractivity contribution in [3.63, 3.8) is 0 Å². The molecule has 144 valence electrons. The van der Waals surface area contributed by atoms with E-state index in [1.54, 1.807) is 0 Å². The number of hydrogen-bond acceptors (Lipinski definition) is 3. The first-order valence-electron chi connectivity index (χ1n) is 9.59. The number of amides is 1. The Morgan fingerprint density at radius 3 is 2.85 bits per heavy atom. The largest absolute Gasteiger partial charge is 0.357 e. The third-order valence-electron chi connectivity index (χ3n) is 4.37. The number of unbranched alkanes of at least 4 members (excludes halogenated alkanes) is 1.